The normalized spacial score (nSPS) is 25.9. The highest BCUT2D eigenvalue weighted by Gasteiger charge is 2.56. The third kappa shape index (κ3) is 4.38. The Hall–Kier alpha value is -2.92. The van der Waals surface area contributed by atoms with Crippen molar-refractivity contribution in [1.29, 1.82) is 5.26 Å². The third-order valence-electron chi connectivity index (χ3n) is 8.50. The molecule has 0 unspecified atom stereocenters. The van der Waals surface area contributed by atoms with Crippen LogP contribution in [0.5, 0.6) is 0 Å². The minimum atomic E-state index is -2.73. The second-order valence-electron chi connectivity index (χ2n) is 11.3. The van der Waals surface area contributed by atoms with Crippen LogP contribution in [0.4, 0.5) is 0 Å². The quantitative estimate of drug-likeness (QED) is 0.228. The Morgan fingerprint density at radius 1 is 1.06 bits per heavy atom. The van der Waals surface area contributed by atoms with Crippen molar-refractivity contribution in [3.63, 3.8) is 0 Å². The van der Waals surface area contributed by atoms with E-state index >= 15 is 0 Å². The first-order valence-corrected chi connectivity index (χ1v) is 15.1. The van der Waals surface area contributed by atoms with Crippen molar-refractivity contribution in [1.82, 2.24) is 0 Å². The van der Waals surface area contributed by atoms with Crippen LogP contribution in [0.2, 0.25) is 5.04 Å². The molecule has 0 N–H and O–H groups in total. The zero-order chi connectivity index (χ0) is 25.8. The maximum absolute atomic E-state index is 14.0. The van der Waals surface area contributed by atoms with Gasteiger partial charge in [-0.05, 0) is 53.4 Å². The number of hydrogen-bond donors (Lipinski definition) is 0. The van der Waals surface area contributed by atoms with Crippen LogP contribution in [0.25, 0.3) is 0 Å². The van der Waals surface area contributed by atoms with E-state index in [1.807, 2.05) is 12.1 Å². The van der Waals surface area contributed by atoms with E-state index in [2.05, 4.69) is 81.3 Å². The van der Waals surface area contributed by atoms with E-state index in [-0.39, 0.29) is 22.7 Å². The summed E-state index contributed by atoms with van der Waals surface area (Å²) in [7, 11) is -2.73. The summed E-state index contributed by atoms with van der Waals surface area (Å²) in [6.07, 6.45) is 12.6. The van der Waals surface area contributed by atoms with E-state index in [0.717, 1.165) is 32.1 Å². The Balaban J connectivity index is 1.80. The number of hydrogen-bond acceptors (Lipinski definition) is 3. The SMILES string of the molecule is C#C[C@@H]1CCC[C@H](CO[Si](c2ccccc2)(c2ccccc2)C(C)(C)C)[C@]12CCC/C(=C/C#N)C2=O. The number of nitriles is 1. The molecule has 4 rings (SSSR count). The van der Waals surface area contributed by atoms with Gasteiger partial charge in [-0.1, -0.05) is 87.9 Å². The molecule has 2 aliphatic rings. The Bertz CT molecular complexity index is 1140. The number of allylic oxidation sites excluding steroid dienone is 2. The van der Waals surface area contributed by atoms with Crippen molar-refractivity contribution < 1.29 is 9.22 Å². The summed E-state index contributed by atoms with van der Waals surface area (Å²) in [4.78, 5) is 14.0. The highest BCUT2D eigenvalue weighted by atomic mass is 28.4. The summed E-state index contributed by atoms with van der Waals surface area (Å²) >= 11 is 0. The Labute approximate surface area is 217 Å². The number of ketones is 1. The number of terminal acetylenes is 1. The molecule has 2 fully saturated rings. The zero-order valence-electron chi connectivity index (χ0n) is 21.8. The summed E-state index contributed by atoms with van der Waals surface area (Å²) in [5.41, 5.74) is 0.000587. The molecule has 0 aliphatic heterocycles. The van der Waals surface area contributed by atoms with Crippen molar-refractivity contribution in [3.05, 3.63) is 72.3 Å². The fraction of sp³-hybridized carbons (Fsp3) is 0.438. The lowest BCUT2D eigenvalue weighted by atomic mass is 9.53. The lowest BCUT2D eigenvalue weighted by Crippen LogP contribution is -2.67. The van der Waals surface area contributed by atoms with Gasteiger partial charge >= 0.3 is 0 Å². The fourth-order valence-corrected chi connectivity index (χ4v) is 11.5. The lowest BCUT2D eigenvalue weighted by Gasteiger charge is -2.51. The van der Waals surface area contributed by atoms with Crippen molar-refractivity contribution >= 4 is 24.5 Å². The van der Waals surface area contributed by atoms with Crippen LogP contribution in [0.3, 0.4) is 0 Å². The average molecular weight is 496 g/mol. The predicted molar refractivity (Wildman–Crippen MR) is 148 cm³/mol. The first kappa shape index (κ1) is 26.1. The summed E-state index contributed by atoms with van der Waals surface area (Å²) < 4.78 is 7.30. The molecule has 0 heterocycles. The molecule has 2 aromatic carbocycles. The van der Waals surface area contributed by atoms with Crippen LogP contribution >= 0.6 is 0 Å². The molecule has 1 spiro atoms. The number of rotatable bonds is 5. The van der Waals surface area contributed by atoms with Crippen molar-refractivity contribution in [3.8, 4) is 18.4 Å². The lowest BCUT2D eigenvalue weighted by molar-refractivity contribution is -0.137. The first-order chi connectivity index (χ1) is 17.3. The summed E-state index contributed by atoms with van der Waals surface area (Å²) in [6, 6.07) is 23.4. The molecular weight excluding hydrogens is 458 g/mol. The molecule has 0 radical (unpaired) electrons. The predicted octanol–water partition coefficient (Wildman–Crippen LogP) is 5.80. The first-order valence-electron chi connectivity index (χ1n) is 13.2. The van der Waals surface area contributed by atoms with Gasteiger partial charge in [-0.15, -0.1) is 12.3 Å². The molecule has 0 amide bonds. The number of carbonyl (C=O) groups excluding carboxylic acids is 1. The highest BCUT2D eigenvalue weighted by molar-refractivity contribution is 6.99. The maximum Gasteiger partial charge on any atom is 0.261 e. The minimum Gasteiger partial charge on any atom is -0.407 e. The topological polar surface area (TPSA) is 50.1 Å². The smallest absolute Gasteiger partial charge is 0.261 e. The van der Waals surface area contributed by atoms with Crippen LogP contribution in [-0.4, -0.2) is 20.7 Å². The van der Waals surface area contributed by atoms with E-state index in [1.54, 1.807) is 0 Å². The largest absolute Gasteiger partial charge is 0.407 e. The molecule has 0 saturated heterocycles. The van der Waals surface area contributed by atoms with Gasteiger partial charge in [0.05, 0.1) is 11.5 Å². The number of nitrogens with zero attached hydrogens (tertiary/aromatic N) is 1. The molecular formula is C32H37NO2Si. The molecule has 2 saturated carbocycles. The van der Waals surface area contributed by atoms with E-state index < -0.39 is 13.7 Å². The third-order valence-corrected chi connectivity index (χ3v) is 13.5. The average Bonchev–Trinajstić information content (AvgIpc) is 2.88. The summed E-state index contributed by atoms with van der Waals surface area (Å²) in [6.45, 7) is 7.33. The van der Waals surface area contributed by atoms with Crippen LogP contribution in [0.15, 0.2) is 72.3 Å². The fourth-order valence-electron chi connectivity index (χ4n) is 6.85. The van der Waals surface area contributed by atoms with E-state index in [1.165, 1.54) is 16.4 Å². The Morgan fingerprint density at radius 3 is 2.19 bits per heavy atom. The van der Waals surface area contributed by atoms with Crippen LogP contribution in [0.1, 0.15) is 59.3 Å². The van der Waals surface area contributed by atoms with Gasteiger partial charge in [-0.25, -0.2) is 0 Å². The van der Waals surface area contributed by atoms with Gasteiger partial charge in [-0.3, -0.25) is 4.79 Å². The van der Waals surface area contributed by atoms with Crippen molar-refractivity contribution in [2.24, 2.45) is 17.3 Å². The molecule has 186 valence electrons. The van der Waals surface area contributed by atoms with Crippen LogP contribution in [0, 0.1) is 40.9 Å². The van der Waals surface area contributed by atoms with E-state index in [9.17, 15) is 10.1 Å². The molecule has 3 atom stereocenters. The van der Waals surface area contributed by atoms with Crippen molar-refractivity contribution in [2.75, 3.05) is 6.61 Å². The second kappa shape index (κ2) is 10.6. The molecule has 36 heavy (non-hydrogen) atoms. The standard InChI is InChI=1S/C32H37NO2Si/c1-5-26-15-12-16-27(32(26)22-13-14-25(21-23-33)30(32)34)24-35-36(31(2,3)4,28-17-8-6-9-18-28)29-19-10-7-11-20-29/h1,6-11,17-21,26-27H,12-16,22,24H2,2-4H3/b25-21-/t26-,27-,32+/m1/s1. The molecule has 3 nitrogen and oxygen atoms in total. The number of benzene rings is 2. The number of carbonyl (C=O) groups is 1. The van der Waals surface area contributed by atoms with Gasteiger partial charge in [0.1, 0.15) is 0 Å². The monoisotopic (exact) mass is 495 g/mol. The maximum atomic E-state index is 14.0. The zero-order valence-corrected chi connectivity index (χ0v) is 22.8. The van der Waals surface area contributed by atoms with Gasteiger partial charge in [0.25, 0.3) is 8.32 Å². The minimum absolute atomic E-state index is 0.0313. The van der Waals surface area contributed by atoms with E-state index in [4.69, 9.17) is 10.8 Å². The second-order valence-corrected chi connectivity index (χ2v) is 15.6. The van der Waals surface area contributed by atoms with Crippen LogP contribution in [-0.2, 0) is 9.22 Å². The van der Waals surface area contributed by atoms with Gasteiger partial charge in [-0.2, -0.15) is 5.26 Å². The van der Waals surface area contributed by atoms with Crippen molar-refractivity contribution in [2.45, 2.75) is 64.3 Å². The van der Waals surface area contributed by atoms with Crippen LogP contribution < -0.4 is 10.4 Å². The molecule has 2 aromatic rings. The van der Waals surface area contributed by atoms with Gasteiger partial charge in [0.15, 0.2) is 5.78 Å². The Kier molecular flexibility index (Phi) is 7.69. The Morgan fingerprint density at radius 2 is 1.67 bits per heavy atom. The molecule has 0 aromatic heterocycles. The molecule has 0 bridgehead atoms. The van der Waals surface area contributed by atoms with E-state index in [0.29, 0.717) is 18.6 Å². The molecule has 2 aliphatic carbocycles. The van der Waals surface area contributed by atoms with Gasteiger partial charge < -0.3 is 4.43 Å². The van der Waals surface area contributed by atoms with Gasteiger partial charge in [0, 0.05) is 24.2 Å². The summed E-state index contributed by atoms with van der Waals surface area (Å²) in [5.74, 6) is 3.01. The molecule has 4 heteroatoms. The number of Topliss-reactive ketones (excluding diaryl/α,β-unsaturated/α-hetero) is 1. The van der Waals surface area contributed by atoms with Gasteiger partial charge in [0.2, 0.25) is 0 Å². The summed E-state index contributed by atoms with van der Waals surface area (Å²) in [5, 5.41) is 11.7. The highest BCUT2D eigenvalue weighted by Crippen LogP contribution is 2.54.